The Morgan fingerprint density at radius 2 is 1.25 bits per heavy atom. The lowest BCUT2D eigenvalue weighted by Gasteiger charge is -2.50. The molecule has 9 aromatic rings. The molecule has 4 aliphatic rings. The summed E-state index contributed by atoms with van der Waals surface area (Å²) in [5.41, 5.74) is 19.3. The number of thiophene rings is 1. The molecule has 290 valence electrons. The topological polar surface area (TPSA) is 8.17 Å². The van der Waals surface area contributed by atoms with Crippen LogP contribution in [0.25, 0.3) is 64.9 Å². The zero-order valence-corrected chi connectivity index (χ0v) is 37.5. The predicted octanol–water partition coefficient (Wildman–Crippen LogP) is 11.7. The van der Waals surface area contributed by atoms with Gasteiger partial charge in [-0.2, -0.15) is 0 Å². The van der Waals surface area contributed by atoms with Crippen LogP contribution in [0.15, 0.2) is 125 Å². The van der Waals surface area contributed by atoms with Crippen molar-refractivity contribution in [3.05, 3.63) is 126 Å². The molecule has 13 rings (SSSR count). The highest BCUT2D eigenvalue weighted by molar-refractivity contribution is 8.00. The second-order valence-electron chi connectivity index (χ2n) is 20.9. The molecule has 0 unspecified atom stereocenters. The van der Waals surface area contributed by atoms with Crippen LogP contribution >= 0.6 is 23.1 Å². The van der Waals surface area contributed by atoms with Gasteiger partial charge in [-0.1, -0.05) is 138 Å². The van der Waals surface area contributed by atoms with Gasteiger partial charge in [-0.25, -0.2) is 0 Å². The van der Waals surface area contributed by atoms with E-state index in [1.165, 1.54) is 124 Å². The van der Waals surface area contributed by atoms with E-state index >= 15 is 0 Å². The standard InChI is InChI=1S/C54H46B2N2S2/c1-52(2,3)30-19-20-33-34-21-23-45-47-49(34)58-48-37(24-31(53(4,5)6)26-41(48)55(47)51-50(59-45)35-16-12-13-17-44(35)60-51)36-28-43-38(27-40(36)56(58)39(33)25-30)46-32-15-11-10-14-29(32)18-22-42(46)57(43)54(7,8)9/h10-28H,1-9H3. The fourth-order valence-corrected chi connectivity index (χ4v) is 14.2. The molecule has 0 saturated carbocycles. The van der Waals surface area contributed by atoms with Crippen molar-refractivity contribution in [3.63, 3.8) is 0 Å². The van der Waals surface area contributed by atoms with Crippen LogP contribution in [0.2, 0.25) is 0 Å². The maximum absolute atomic E-state index is 2.84. The predicted molar refractivity (Wildman–Crippen MR) is 264 cm³/mol. The third-order valence-corrected chi connectivity index (χ3v) is 16.7. The van der Waals surface area contributed by atoms with Gasteiger partial charge in [0.05, 0.1) is 11.0 Å². The van der Waals surface area contributed by atoms with E-state index in [9.17, 15) is 0 Å². The van der Waals surface area contributed by atoms with Gasteiger partial charge in [-0.3, -0.25) is 0 Å². The maximum Gasteiger partial charge on any atom is 0.329 e. The van der Waals surface area contributed by atoms with Crippen molar-refractivity contribution in [2.24, 2.45) is 0 Å². The normalized spacial score (nSPS) is 14.9. The van der Waals surface area contributed by atoms with Crippen LogP contribution in [0.4, 0.5) is 11.4 Å². The van der Waals surface area contributed by atoms with Crippen LogP contribution in [0.3, 0.4) is 0 Å². The summed E-state index contributed by atoms with van der Waals surface area (Å²) in [6.07, 6.45) is 0. The van der Waals surface area contributed by atoms with Gasteiger partial charge >= 0.3 is 6.85 Å². The second kappa shape index (κ2) is 11.4. The quantitative estimate of drug-likeness (QED) is 0.141. The third-order valence-electron chi connectivity index (χ3n) is 14.2. The number of aromatic nitrogens is 1. The van der Waals surface area contributed by atoms with Gasteiger partial charge in [0.25, 0.3) is 6.71 Å². The zero-order chi connectivity index (χ0) is 40.9. The number of hydrogen-bond donors (Lipinski definition) is 0. The summed E-state index contributed by atoms with van der Waals surface area (Å²) in [6, 6.07) is 45.6. The molecule has 0 saturated heterocycles. The summed E-state index contributed by atoms with van der Waals surface area (Å²) in [5, 5.41) is 6.72. The van der Waals surface area contributed by atoms with E-state index in [2.05, 4.69) is 187 Å². The van der Waals surface area contributed by atoms with E-state index in [1.54, 1.807) is 0 Å². The van der Waals surface area contributed by atoms with E-state index in [1.807, 2.05) is 23.1 Å². The number of benzene rings is 7. The van der Waals surface area contributed by atoms with Gasteiger partial charge in [-0.15, -0.1) is 11.3 Å². The summed E-state index contributed by atoms with van der Waals surface area (Å²) < 4.78 is 5.51. The molecule has 0 amide bonds. The Balaban J connectivity index is 1.24. The largest absolute Gasteiger partial charge is 0.377 e. The number of anilines is 2. The molecule has 2 nitrogen and oxygen atoms in total. The SMILES string of the molecule is CC(C)(C)c1ccc2c(c1)B1c3cc4c5c6ccccc6ccc5n(C(C)(C)C)c4cc3-c3cc(C(C)(C)C)cc4c3N1c1c-2ccc2c1B4c1sc3ccccc3c1S2. The molecule has 7 aromatic carbocycles. The number of rotatable bonds is 0. The van der Waals surface area contributed by atoms with Gasteiger partial charge in [0, 0.05) is 58.7 Å². The molecule has 6 heterocycles. The van der Waals surface area contributed by atoms with E-state index < -0.39 is 0 Å². The van der Waals surface area contributed by atoms with Crippen molar-refractivity contribution in [1.82, 2.24) is 4.57 Å². The number of nitrogens with zero attached hydrogens (tertiary/aromatic N) is 2. The Morgan fingerprint density at radius 1 is 0.533 bits per heavy atom. The minimum Gasteiger partial charge on any atom is -0.377 e. The fraction of sp³-hybridized carbons (Fsp3) is 0.222. The molecule has 0 spiro atoms. The van der Waals surface area contributed by atoms with Crippen molar-refractivity contribution in [1.29, 1.82) is 0 Å². The molecule has 0 aliphatic carbocycles. The lowest BCUT2D eigenvalue weighted by molar-refractivity contribution is 0.423. The Kier molecular flexibility index (Phi) is 6.76. The highest BCUT2D eigenvalue weighted by atomic mass is 32.2. The zero-order valence-electron chi connectivity index (χ0n) is 35.8. The molecule has 0 N–H and O–H groups in total. The van der Waals surface area contributed by atoms with Crippen LogP contribution < -0.4 is 31.4 Å². The van der Waals surface area contributed by atoms with Crippen LogP contribution in [-0.2, 0) is 16.4 Å². The highest BCUT2D eigenvalue weighted by Crippen LogP contribution is 2.53. The Hall–Kier alpha value is -5.16. The van der Waals surface area contributed by atoms with Crippen molar-refractivity contribution >= 4 is 117 Å². The van der Waals surface area contributed by atoms with Gasteiger partial charge in [0.2, 0.25) is 0 Å². The monoisotopic (exact) mass is 808 g/mol. The molecule has 0 fully saturated rings. The average Bonchev–Trinajstić information content (AvgIpc) is 3.76. The molecular weight excluding hydrogens is 762 g/mol. The summed E-state index contributed by atoms with van der Waals surface area (Å²) in [6.45, 7) is 21.6. The number of hydrogen-bond acceptors (Lipinski definition) is 3. The van der Waals surface area contributed by atoms with E-state index in [0.717, 1.165) is 0 Å². The first kappa shape index (κ1) is 35.6. The Bertz CT molecular complexity index is 3440. The molecule has 0 atom stereocenters. The molecule has 0 radical (unpaired) electrons. The molecule has 4 aliphatic heterocycles. The third kappa shape index (κ3) is 4.49. The van der Waals surface area contributed by atoms with E-state index in [0.29, 0.717) is 0 Å². The van der Waals surface area contributed by atoms with Crippen LogP contribution in [0, 0.1) is 0 Å². The summed E-state index contributed by atoms with van der Waals surface area (Å²) in [4.78, 5) is 5.68. The second-order valence-corrected chi connectivity index (χ2v) is 23.0. The van der Waals surface area contributed by atoms with Gasteiger partial charge < -0.3 is 9.38 Å². The lowest BCUT2D eigenvalue weighted by atomic mass is 9.33. The smallest absolute Gasteiger partial charge is 0.329 e. The molecule has 0 bridgehead atoms. The Morgan fingerprint density at radius 3 is 2.03 bits per heavy atom. The van der Waals surface area contributed by atoms with Crippen LogP contribution in [0.5, 0.6) is 0 Å². The van der Waals surface area contributed by atoms with Crippen molar-refractivity contribution in [2.75, 3.05) is 4.81 Å². The summed E-state index contributed by atoms with van der Waals surface area (Å²) in [5.74, 6) is 0. The minimum absolute atomic E-state index is 0.0115. The molecule has 6 heteroatoms. The molecule has 60 heavy (non-hydrogen) atoms. The number of fused-ring (bicyclic) bond motifs is 16. The van der Waals surface area contributed by atoms with Crippen molar-refractivity contribution in [3.8, 4) is 22.3 Å². The highest BCUT2D eigenvalue weighted by Gasteiger charge is 2.52. The van der Waals surface area contributed by atoms with Crippen molar-refractivity contribution in [2.45, 2.75) is 88.5 Å². The fourth-order valence-electron chi connectivity index (χ4n) is 11.4. The first-order chi connectivity index (χ1) is 28.7. The van der Waals surface area contributed by atoms with Crippen LogP contribution in [0.1, 0.15) is 73.4 Å². The summed E-state index contributed by atoms with van der Waals surface area (Å²) in [7, 11) is 0. The minimum atomic E-state index is -0.134. The molecule has 2 aromatic heterocycles. The maximum atomic E-state index is 2.84. The summed E-state index contributed by atoms with van der Waals surface area (Å²) >= 11 is 4.02. The first-order valence-corrected chi connectivity index (χ1v) is 23.3. The lowest BCUT2D eigenvalue weighted by Crippen LogP contribution is -2.68. The molecular formula is C54H46B2N2S2. The van der Waals surface area contributed by atoms with E-state index in [4.69, 9.17) is 0 Å². The van der Waals surface area contributed by atoms with Crippen LogP contribution in [-0.4, -0.2) is 18.1 Å². The van der Waals surface area contributed by atoms with Crippen molar-refractivity contribution < 1.29 is 0 Å². The van der Waals surface area contributed by atoms with Gasteiger partial charge in [0.1, 0.15) is 0 Å². The van der Waals surface area contributed by atoms with E-state index in [-0.39, 0.29) is 29.9 Å². The average molecular weight is 809 g/mol. The first-order valence-electron chi connectivity index (χ1n) is 21.7. The van der Waals surface area contributed by atoms with Gasteiger partial charge in [0.15, 0.2) is 0 Å². The Labute approximate surface area is 361 Å². The van der Waals surface area contributed by atoms with Gasteiger partial charge in [-0.05, 0) is 122 Å².